The van der Waals surface area contributed by atoms with E-state index in [1.54, 1.807) is 0 Å². The number of ether oxygens (including phenoxy) is 2. The Balaban J connectivity index is 1.63. The lowest BCUT2D eigenvalue weighted by Crippen LogP contribution is -2.40. The number of halogens is 1. The molecule has 28 heavy (non-hydrogen) atoms. The summed E-state index contributed by atoms with van der Waals surface area (Å²) in [4.78, 5) is 2.26. The number of aliphatic hydroxyl groups is 1. The Morgan fingerprint density at radius 3 is 2.57 bits per heavy atom. The second-order valence-electron chi connectivity index (χ2n) is 7.46. The Morgan fingerprint density at radius 1 is 1.14 bits per heavy atom. The van der Waals surface area contributed by atoms with Crippen LogP contribution >= 0.6 is 11.6 Å². The van der Waals surface area contributed by atoms with Crippen LogP contribution in [0.1, 0.15) is 43.4 Å². The van der Waals surface area contributed by atoms with E-state index in [9.17, 15) is 5.11 Å². The average molecular weight is 404 g/mol. The molecule has 3 atom stereocenters. The van der Waals surface area contributed by atoms with Crippen LogP contribution in [0.15, 0.2) is 54.6 Å². The van der Waals surface area contributed by atoms with Crippen molar-refractivity contribution >= 4 is 11.6 Å². The van der Waals surface area contributed by atoms with E-state index in [0.717, 1.165) is 38.0 Å². The van der Waals surface area contributed by atoms with Crippen molar-refractivity contribution in [1.29, 1.82) is 0 Å². The fourth-order valence-electron chi connectivity index (χ4n) is 3.43. The molecule has 3 rings (SSSR count). The summed E-state index contributed by atoms with van der Waals surface area (Å²) >= 11 is 5.97. The molecule has 0 amide bonds. The highest BCUT2D eigenvalue weighted by molar-refractivity contribution is 6.30. The minimum Gasteiger partial charge on any atom is -0.387 e. The minimum absolute atomic E-state index is 0.101. The van der Waals surface area contributed by atoms with E-state index in [-0.39, 0.29) is 12.3 Å². The van der Waals surface area contributed by atoms with E-state index in [0.29, 0.717) is 18.2 Å². The van der Waals surface area contributed by atoms with Gasteiger partial charge in [-0.2, -0.15) is 0 Å². The first-order valence-corrected chi connectivity index (χ1v) is 10.4. The van der Waals surface area contributed by atoms with Gasteiger partial charge in [0, 0.05) is 30.8 Å². The van der Waals surface area contributed by atoms with Gasteiger partial charge >= 0.3 is 0 Å². The molecule has 0 spiro atoms. The summed E-state index contributed by atoms with van der Waals surface area (Å²) in [6.07, 6.45) is 2.54. The number of aliphatic hydroxyl groups excluding tert-OH is 1. The summed E-state index contributed by atoms with van der Waals surface area (Å²) in [7, 11) is 0. The van der Waals surface area contributed by atoms with Crippen molar-refractivity contribution in [3.8, 4) is 0 Å². The summed E-state index contributed by atoms with van der Waals surface area (Å²) in [6, 6.07) is 17.9. The molecule has 1 unspecified atom stereocenters. The van der Waals surface area contributed by atoms with Gasteiger partial charge in [-0.25, -0.2) is 0 Å². The van der Waals surface area contributed by atoms with Gasteiger partial charge in [0.2, 0.25) is 0 Å². The highest BCUT2D eigenvalue weighted by atomic mass is 35.5. The molecule has 4 nitrogen and oxygen atoms in total. The van der Waals surface area contributed by atoms with Gasteiger partial charge in [-0.15, -0.1) is 0 Å². The first kappa shape index (κ1) is 21.3. The molecule has 1 saturated heterocycles. The molecule has 0 aliphatic carbocycles. The van der Waals surface area contributed by atoms with Crippen LogP contribution in [-0.2, 0) is 16.0 Å². The lowest BCUT2D eigenvalue weighted by Gasteiger charge is -2.32. The third kappa shape index (κ3) is 6.57. The van der Waals surface area contributed by atoms with Gasteiger partial charge < -0.3 is 14.6 Å². The Morgan fingerprint density at radius 2 is 1.89 bits per heavy atom. The largest absolute Gasteiger partial charge is 0.387 e. The molecular weight excluding hydrogens is 374 g/mol. The van der Waals surface area contributed by atoms with Crippen LogP contribution in [0.5, 0.6) is 0 Å². The van der Waals surface area contributed by atoms with Gasteiger partial charge in [0.1, 0.15) is 0 Å². The van der Waals surface area contributed by atoms with E-state index in [1.165, 1.54) is 5.56 Å². The van der Waals surface area contributed by atoms with E-state index >= 15 is 0 Å². The Hall–Kier alpha value is -1.43. The zero-order chi connectivity index (χ0) is 19.8. The summed E-state index contributed by atoms with van der Waals surface area (Å²) in [6.45, 7) is 4.77. The number of hydrogen-bond acceptors (Lipinski definition) is 4. The second kappa shape index (κ2) is 10.9. The highest BCUT2D eigenvalue weighted by Crippen LogP contribution is 2.21. The van der Waals surface area contributed by atoms with Gasteiger partial charge in [-0.1, -0.05) is 54.1 Å². The number of rotatable bonds is 9. The van der Waals surface area contributed by atoms with Crippen LogP contribution in [0, 0.1) is 0 Å². The average Bonchev–Trinajstić information content (AvgIpc) is 2.73. The summed E-state index contributed by atoms with van der Waals surface area (Å²) in [5.74, 6) is 0. The lowest BCUT2D eigenvalue weighted by molar-refractivity contribution is -0.170. The van der Waals surface area contributed by atoms with E-state index in [1.807, 2.05) is 42.5 Å². The highest BCUT2D eigenvalue weighted by Gasteiger charge is 2.22. The fourth-order valence-corrected chi connectivity index (χ4v) is 3.55. The Labute approximate surface area is 173 Å². The molecule has 2 aromatic rings. The third-order valence-corrected chi connectivity index (χ3v) is 5.43. The number of nitrogens with zero attached hydrogens (tertiary/aromatic N) is 1. The van der Waals surface area contributed by atoms with Crippen molar-refractivity contribution in [2.24, 2.45) is 0 Å². The van der Waals surface area contributed by atoms with Gasteiger partial charge in [0.15, 0.2) is 6.29 Å². The summed E-state index contributed by atoms with van der Waals surface area (Å²) < 4.78 is 11.7. The van der Waals surface area contributed by atoms with Crippen molar-refractivity contribution in [1.82, 2.24) is 4.90 Å². The molecule has 152 valence electrons. The second-order valence-corrected chi connectivity index (χ2v) is 7.90. The maximum absolute atomic E-state index is 10.8. The van der Waals surface area contributed by atoms with Crippen molar-refractivity contribution in [3.05, 3.63) is 70.7 Å². The maximum atomic E-state index is 10.8. The molecule has 0 radical (unpaired) electrons. The van der Waals surface area contributed by atoms with Crippen molar-refractivity contribution in [2.45, 2.75) is 51.2 Å². The Bertz CT molecular complexity index is 689. The van der Waals surface area contributed by atoms with E-state index in [2.05, 4.69) is 24.0 Å². The molecule has 1 aliphatic rings. The fraction of sp³-hybridized carbons (Fsp3) is 0.478. The first-order valence-electron chi connectivity index (χ1n) is 10.1. The predicted molar refractivity (Wildman–Crippen MR) is 112 cm³/mol. The molecule has 0 bridgehead atoms. The Kier molecular flexibility index (Phi) is 8.31. The molecule has 0 saturated carbocycles. The summed E-state index contributed by atoms with van der Waals surface area (Å²) in [5.41, 5.74) is 2.08. The monoisotopic (exact) mass is 403 g/mol. The zero-order valence-corrected chi connectivity index (χ0v) is 17.2. The number of hydrogen-bond donors (Lipinski definition) is 1. The van der Waals surface area contributed by atoms with Crippen LogP contribution in [-0.4, -0.2) is 42.1 Å². The molecular formula is C23H30ClNO3. The van der Waals surface area contributed by atoms with Gasteiger partial charge in [0.25, 0.3) is 0 Å². The van der Waals surface area contributed by atoms with Crippen LogP contribution < -0.4 is 0 Å². The van der Waals surface area contributed by atoms with Crippen molar-refractivity contribution in [3.63, 3.8) is 0 Å². The molecule has 1 fully saturated rings. The van der Waals surface area contributed by atoms with E-state index in [4.69, 9.17) is 21.1 Å². The molecule has 1 aliphatic heterocycles. The smallest absolute Gasteiger partial charge is 0.157 e. The van der Waals surface area contributed by atoms with Gasteiger partial charge in [-0.05, 0) is 49.4 Å². The van der Waals surface area contributed by atoms with Gasteiger partial charge in [0.05, 0.1) is 12.7 Å². The summed E-state index contributed by atoms with van der Waals surface area (Å²) in [5, 5.41) is 11.4. The molecule has 5 heteroatoms. The maximum Gasteiger partial charge on any atom is 0.157 e. The molecule has 0 aromatic heterocycles. The van der Waals surface area contributed by atoms with Crippen LogP contribution in [0.25, 0.3) is 0 Å². The van der Waals surface area contributed by atoms with Crippen LogP contribution in [0.2, 0.25) is 5.02 Å². The van der Waals surface area contributed by atoms with Gasteiger partial charge in [-0.3, -0.25) is 4.90 Å². The number of benzene rings is 2. The molecule has 1 heterocycles. The first-order chi connectivity index (χ1) is 13.6. The third-order valence-electron chi connectivity index (χ3n) is 5.18. The molecule has 1 N–H and O–H groups in total. The van der Waals surface area contributed by atoms with Crippen LogP contribution in [0.4, 0.5) is 0 Å². The normalized spacial score (nSPS) is 19.5. The minimum atomic E-state index is -0.589. The zero-order valence-electron chi connectivity index (χ0n) is 16.5. The quantitative estimate of drug-likeness (QED) is 0.652. The standard InChI is InChI=1S/C23H30ClNO3/c1-18(17-28-23-9-5-6-14-27-23)25(15-19-7-3-2-4-8-19)16-22(26)20-10-12-21(24)13-11-20/h2-4,7-8,10-13,18,22-23,26H,5-6,9,14-17H2,1H3/t18-,22+,23?/m1/s1. The van der Waals surface area contributed by atoms with Crippen molar-refractivity contribution in [2.75, 3.05) is 19.8 Å². The van der Waals surface area contributed by atoms with E-state index < -0.39 is 6.10 Å². The molecule has 2 aromatic carbocycles. The SMILES string of the molecule is C[C@H](COC1CCCCO1)N(Cc1ccccc1)C[C@H](O)c1ccc(Cl)cc1. The van der Waals surface area contributed by atoms with Crippen LogP contribution in [0.3, 0.4) is 0 Å². The topological polar surface area (TPSA) is 41.9 Å². The van der Waals surface area contributed by atoms with Crippen molar-refractivity contribution < 1.29 is 14.6 Å². The predicted octanol–water partition coefficient (Wildman–Crippen LogP) is 4.81. The lowest BCUT2D eigenvalue weighted by atomic mass is 10.1.